The van der Waals surface area contributed by atoms with Crippen LogP contribution in [0.15, 0.2) is 33.4 Å². The number of hydrogen-bond acceptors (Lipinski definition) is 9. The Kier molecular flexibility index (Phi) is 6.13. The first-order valence-electron chi connectivity index (χ1n) is 7.38. The lowest BCUT2D eigenvalue weighted by molar-refractivity contribution is 0.0596. The molecule has 0 aliphatic rings. The van der Waals surface area contributed by atoms with E-state index in [-0.39, 0.29) is 26.6 Å². The molecule has 1 aromatic heterocycles. The summed E-state index contributed by atoms with van der Waals surface area (Å²) in [6.07, 6.45) is 0. The number of esters is 2. The fraction of sp³-hybridized carbons (Fsp3) is 0.200. The molecule has 0 amide bonds. The minimum atomic E-state index is -4.38. The van der Waals surface area contributed by atoms with Gasteiger partial charge in [-0.25, -0.2) is 31.6 Å². The summed E-state index contributed by atoms with van der Waals surface area (Å²) in [4.78, 5) is 23.6. The predicted molar refractivity (Wildman–Crippen MR) is 100 cm³/mol. The van der Waals surface area contributed by atoms with Crippen molar-refractivity contribution < 1.29 is 35.9 Å². The third-order valence-electron chi connectivity index (χ3n) is 3.53. The van der Waals surface area contributed by atoms with Crippen LogP contribution in [0.4, 0.5) is 5.69 Å². The number of sulfonamides is 2. The van der Waals surface area contributed by atoms with Gasteiger partial charge >= 0.3 is 11.9 Å². The van der Waals surface area contributed by atoms with Crippen molar-refractivity contribution in [3.05, 3.63) is 40.3 Å². The molecule has 152 valence electrons. The van der Waals surface area contributed by atoms with Gasteiger partial charge in [0.2, 0.25) is 10.0 Å². The van der Waals surface area contributed by atoms with Gasteiger partial charge in [0.1, 0.15) is 4.88 Å². The molecule has 2 aromatic rings. The fourth-order valence-corrected chi connectivity index (χ4v) is 5.59. The van der Waals surface area contributed by atoms with E-state index < -0.39 is 36.2 Å². The normalized spacial score (nSPS) is 11.7. The number of thiophene rings is 1. The summed E-state index contributed by atoms with van der Waals surface area (Å²) >= 11 is 0.530. The van der Waals surface area contributed by atoms with Crippen molar-refractivity contribution in [3.8, 4) is 0 Å². The molecule has 0 atom stereocenters. The Hall–Kier alpha value is -2.48. The summed E-state index contributed by atoms with van der Waals surface area (Å²) in [5, 5.41) is 5.04. The number of carbonyl (C=O) groups excluding carboxylic acids is 2. The number of carbonyl (C=O) groups is 2. The first kappa shape index (κ1) is 21.8. The molecule has 0 unspecified atom stereocenters. The van der Waals surface area contributed by atoms with E-state index in [9.17, 15) is 26.4 Å². The van der Waals surface area contributed by atoms with Gasteiger partial charge in [-0.3, -0.25) is 4.72 Å². The van der Waals surface area contributed by atoms with E-state index in [1.54, 1.807) is 0 Å². The molecule has 0 aliphatic carbocycles. The van der Waals surface area contributed by atoms with Crippen LogP contribution >= 0.6 is 11.3 Å². The van der Waals surface area contributed by atoms with Crippen molar-refractivity contribution in [1.29, 1.82) is 0 Å². The highest BCUT2D eigenvalue weighted by atomic mass is 32.2. The Balaban J connectivity index is 2.60. The lowest BCUT2D eigenvalue weighted by Crippen LogP contribution is -2.17. The lowest BCUT2D eigenvalue weighted by atomic mass is 10.2. The van der Waals surface area contributed by atoms with E-state index in [4.69, 9.17) is 5.14 Å². The zero-order valence-corrected chi connectivity index (χ0v) is 17.3. The second-order valence-corrected chi connectivity index (χ2v) is 9.84. The molecule has 0 aliphatic heterocycles. The van der Waals surface area contributed by atoms with Crippen molar-refractivity contribution >= 4 is 49.0 Å². The maximum absolute atomic E-state index is 12.8. The Bertz CT molecular complexity index is 1150. The van der Waals surface area contributed by atoms with Gasteiger partial charge in [0.05, 0.1) is 30.4 Å². The summed E-state index contributed by atoms with van der Waals surface area (Å²) in [7, 11) is -6.25. The number of hydrogen-bond donors (Lipinski definition) is 2. The van der Waals surface area contributed by atoms with Crippen molar-refractivity contribution in [3.63, 3.8) is 0 Å². The Morgan fingerprint density at radius 2 is 1.68 bits per heavy atom. The molecule has 1 aromatic carbocycles. The van der Waals surface area contributed by atoms with Crippen LogP contribution in [0.3, 0.4) is 0 Å². The van der Waals surface area contributed by atoms with Crippen LogP contribution in [-0.2, 0) is 29.5 Å². The zero-order chi connectivity index (χ0) is 21.3. The van der Waals surface area contributed by atoms with E-state index in [0.717, 1.165) is 20.3 Å². The predicted octanol–water partition coefficient (Wildman–Crippen LogP) is 1.08. The van der Waals surface area contributed by atoms with E-state index >= 15 is 0 Å². The number of benzene rings is 1. The number of nitrogens with two attached hydrogens (primary N) is 1. The third-order valence-corrected chi connectivity index (χ3v) is 7.62. The summed E-state index contributed by atoms with van der Waals surface area (Å²) < 4.78 is 59.5. The molecule has 0 fully saturated rings. The number of nitrogens with one attached hydrogen (secondary N) is 1. The van der Waals surface area contributed by atoms with Gasteiger partial charge in [0, 0.05) is 0 Å². The monoisotopic (exact) mass is 448 g/mol. The van der Waals surface area contributed by atoms with E-state index in [1.165, 1.54) is 25.1 Å². The summed E-state index contributed by atoms with van der Waals surface area (Å²) in [6, 6.07) is 4.80. The third kappa shape index (κ3) is 4.32. The molecule has 10 nitrogen and oxygen atoms in total. The molecule has 2 rings (SSSR count). The number of anilines is 1. The molecular weight excluding hydrogens is 432 g/mol. The van der Waals surface area contributed by atoms with Crippen molar-refractivity contribution in [2.24, 2.45) is 5.14 Å². The van der Waals surface area contributed by atoms with Crippen molar-refractivity contribution in [2.75, 3.05) is 18.9 Å². The Morgan fingerprint density at radius 3 is 2.21 bits per heavy atom. The van der Waals surface area contributed by atoms with E-state index in [2.05, 4.69) is 14.2 Å². The highest BCUT2D eigenvalue weighted by molar-refractivity contribution is 7.94. The molecule has 13 heteroatoms. The second kappa shape index (κ2) is 7.87. The van der Waals surface area contributed by atoms with Crippen LogP contribution in [-0.4, -0.2) is 43.0 Å². The molecule has 0 saturated heterocycles. The summed E-state index contributed by atoms with van der Waals surface area (Å²) in [6.45, 7) is 1.38. The molecule has 0 spiro atoms. The highest BCUT2D eigenvalue weighted by Gasteiger charge is 2.32. The highest BCUT2D eigenvalue weighted by Crippen LogP contribution is 2.34. The average molecular weight is 449 g/mol. The van der Waals surface area contributed by atoms with Gasteiger partial charge < -0.3 is 9.47 Å². The maximum Gasteiger partial charge on any atom is 0.348 e. The Morgan fingerprint density at radius 1 is 1.07 bits per heavy atom. The van der Waals surface area contributed by atoms with Crippen LogP contribution in [0.25, 0.3) is 0 Å². The van der Waals surface area contributed by atoms with Crippen LogP contribution in [0.5, 0.6) is 0 Å². The Labute approximate surface area is 165 Å². The quantitative estimate of drug-likeness (QED) is 0.621. The first-order valence-corrected chi connectivity index (χ1v) is 11.2. The smallest absolute Gasteiger partial charge is 0.348 e. The van der Waals surface area contributed by atoms with E-state index in [1.807, 2.05) is 0 Å². The van der Waals surface area contributed by atoms with Crippen molar-refractivity contribution in [2.45, 2.75) is 16.0 Å². The van der Waals surface area contributed by atoms with Gasteiger partial charge in [0.15, 0.2) is 4.21 Å². The number of primary sulfonamides is 1. The van der Waals surface area contributed by atoms with Crippen LogP contribution in [0, 0.1) is 6.92 Å². The topological polar surface area (TPSA) is 159 Å². The minimum Gasteiger partial charge on any atom is -0.465 e. The molecule has 0 saturated carbocycles. The standard InChI is InChI=1S/C15H16N2O8S3/c1-8-11(13(18)24-2)15(26-12(8)14(19)25-3)28(22,23)17-9-5-4-6-10(7-9)27(16,20)21/h4-7,17H,1-3H3,(H2,16,20,21). The second-order valence-electron chi connectivity index (χ2n) is 5.38. The van der Waals surface area contributed by atoms with Gasteiger partial charge in [-0.1, -0.05) is 6.07 Å². The first-order chi connectivity index (χ1) is 12.9. The van der Waals surface area contributed by atoms with Crippen LogP contribution in [0.2, 0.25) is 0 Å². The molecule has 0 radical (unpaired) electrons. The fourth-order valence-electron chi connectivity index (χ4n) is 2.24. The number of methoxy groups -OCH3 is 2. The lowest BCUT2D eigenvalue weighted by Gasteiger charge is -2.09. The number of rotatable bonds is 6. The van der Waals surface area contributed by atoms with Crippen LogP contribution < -0.4 is 9.86 Å². The minimum absolute atomic E-state index is 0.0819. The van der Waals surface area contributed by atoms with Crippen molar-refractivity contribution in [1.82, 2.24) is 0 Å². The summed E-state index contributed by atoms with van der Waals surface area (Å²) in [5.41, 5.74) is -0.335. The summed E-state index contributed by atoms with van der Waals surface area (Å²) in [5.74, 6) is -1.77. The SMILES string of the molecule is COC(=O)c1sc(S(=O)(=O)Nc2cccc(S(N)(=O)=O)c2)c(C(=O)OC)c1C. The molecule has 0 bridgehead atoms. The molecular formula is C15H16N2O8S3. The number of ether oxygens (including phenoxy) is 2. The average Bonchev–Trinajstić information content (AvgIpc) is 2.97. The van der Waals surface area contributed by atoms with Crippen LogP contribution in [0.1, 0.15) is 25.6 Å². The van der Waals surface area contributed by atoms with Gasteiger partial charge in [-0.05, 0) is 30.7 Å². The van der Waals surface area contributed by atoms with Gasteiger partial charge in [-0.2, -0.15) is 0 Å². The maximum atomic E-state index is 12.8. The van der Waals surface area contributed by atoms with Gasteiger partial charge in [-0.15, -0.1) is 11.3 Å². The van der Waals surface area contributed by atoms with E-state index in [0.29, 0.717) is 11.3 Å². The molecule has 28 heavy (non-hydrogen) atoms. The molecule has 3 N–H and O–H groups in total. The molecule has 1 heterocycles. The van der Waals surface area contributed by atoms with Gasteiger partial charge in [0.25, 0.3) is 10.0 Å². The zero-order valence-electron chi connectivity index (χ0n) is 14.9. The largest absolute Gasteiger partial charge is 0.465 e.